The van der Waals surface area contributed by atoms with E-state index in [9.17, 15) is 13.2 Å². The number of nitrogens with one attached hydrogen (secondary N) is 1. The standard InChI is InChI=1S/C19H23ClN2O4S/c1-14(2)12-22(19(23)21-17-9-7-16(20)8-10-17)13-15-5-4-6-18(11-15)26-27(3,24)25/h4-11,14H,12-13H2,1-3H3,(H,21,23). The fraction of sp³-hybridized carbons (Fsp3) is 0.316. The van der Waals surface area contributed by atoms with Gasteiger partial charge in [-0.15, -0.1) is 0 Å². The van der Waals surface area contributed by atoms with E-state index in [0.717, 1.165) is 11.8 Å². The van der Waals surface area contributed by atoms with Crippen LogP contribution in [0, 0.1) is 5.92 Å². The monoisotopic (exact) mass is 410 g/mol. The van der Waals surface area contributed by atoms with Crippen molar-refractivity contribution in [1.29, 1.82) is 0 Å². The van der Waals surface area contributed by atoms with Gasteiger partial charge in [0.1, 0.15) is 5.75 Å². The van der Waals surface area contributed by atoms with Gasteiger partial charge in [-0.25, -0.2) is 4.79 Å². The van der Waals surface area contributed by atoms with Gasteiger partial charge in [-0.05, 0) is 47.9 Å². The van der Waals surface area contributed by atoms with E-state index >= 15 is 0 Å². The molecule has 0 atom stereocenters. The molecule has 6 nitrogen and oxygen atoms in total. The Morgan fingerprint density at radius 2 is 1.85 bits per heavy atom. The lowest BCUT2D eigenvalue weighted by Gasteiger charge is -2.25. The molecule has 8 heteroatoms. The molecule has 0 spiro atoms. The number of carbonyl (C=O) groups is 1. The summed E-state index contributed by atoms with van der Waals surface area (Å²) >= 11 is 5.87. The van der Waals surface area contributed by atoms with Crippen molar-refractivity contribution < 1.29 is 17.4 Å². The third-order valence-electron chi connectivity index (χ3n) is 3.49. The average molecular weight is 411 g/mol. The molecule has 0 bridgehead atoms. The smallest absolute Gasteiger partial charge is 0.322 e. The normalized spacial score (nSPS) is 11.3. The van der Waals surface area contributed by atoms with E-state index in [1.54, 1.807) is 47.4 Å². The predicted octanol–water partition coefficient (Wildman–Crippen LogP) is 4.37. The number of benzene rings is 2. The van der Waals surface area contributed by atoms with E-state index in [2.05, 4.69) is 5.32 Å². The minimum atomic E-state index is -3.61. The highest BCUT2D eigenvalue weighted by Crippen LogP contribution is 2.19. The molecule has 0 heterocycles. The van der Waals surface area contributed by atoms with Gasteiger partial charge < -0.3 is 14.4 Å². The van der Waals surface area contributed by atoms with Crippen molar-refractivity contribution in [3.8, 4) is 5.75 Å². The molecule has 2 rings (SSSR count). The van der Waals surface area contributed by atoms with Gasteiger partial charge in [-0.1, -0.05) is 37.6 Å². The molecule has 0 fully saturated rings. The topological polar surface area (TPSA) is 75.7 Å². The minimum Gasteiger partial charge on any atom is -0.383 e. The molecule has 27 heavy (non-hydrogen) atoms. The van der Waals surface area contributed by atoms with Crippen LogP contribution >= 0.6 is 11.6 Å². The quantitative estimate of drug-likeness (QED) is 0.687. The van der Waals surface area contributed by atoms with Crippen molar-refractivity contribution >= 4 is 33.4 Å². The number of hydrogen-bond donors (Lipinski definition) is 1. The summed E-state index contributed by atoms with van der Waals surface area (Å²) in [6.45, 7) is 4.90. The summed E-state index contributed by atoms with van der Waals surface area (Å²) < 4.78 is 27.5. The Morgan fingerprint density at radius 3 is 2.44 bits per heavy atom. The van der Waals surface area contributed by atoms with Crippen molar-refractivity contribution in [2.75, 3.05) is 18.1 Å². The Hall–Kier alpha value is -2.25. The summed E-state index contributed by atoms with van der Waals surface area (Å²) in [6, 6.07) is 13.3. The molecule has 0 radical (unpaired) electrons. The third-order valence-corrected chi connectivity index (χ3v) is 4.23. The molecule has 2 aromatic rings. The number of carbonyl (C=O) groups excluding carboxylic acids is 1. The second-order valence-corrected chi connectivity index (χ2v) is 8.66. The highest BCUT2D eigenvalue weighted by atomic mass is 35.5. The second kappa shape index (κ2) is 9.10. The van der Waals surface area contributed by atoms with Crippen LogP contribution in [0.4, 0.5) is 10.5 Å². The van der Waals surface area contributed by atoms with Crippen LogP contribution in [0.15, 0.2) is 48.5 Å². The maximum Gasteiger partial charge on any atom is 0.322 e. The molecule has 0 saturated heterocycles. The summed E-state index contributed by atoms with van der Waals surface area (Å²) in [5.74, 6) is 0.481. The molecule has 0 unspecified atom stereocenters. The summed E-state index contributed by atoms with van der Waals surface area (Å²) in [5.41, 5.74) is 1.41. The molecule has 2 aromatic carbocycles. The van der Waals surface area contributed by atoms with Gasteiger partial charge in [-0.3, -0.25) is 0 Å². The molecular weight excluding hydrogens is 388 g/mol. The molecule has 0 aromatic heterocycles. The number of anilines is 1. The third kappa shape index (κ3) is 7.48. The van der Waals surface area contributed by atoms with Crippen LogP contribution in [0.5, 0.6) is 5.75 Å². The largest absolute Gasteiger partial charge is 0.383 e. The Labute approximate surface area is 165 Å². The Morgan fingerprint density at radius 1 is 1.19 bits per heavy atom. The van der Waals surface area contributed by atoms with Crippen molar-refractivity contribution in [3.63, 3.8) is 0 Å². The predicted molar refractivity (Wildman–Crippen MR) is 108 cm³/mol. The molecule has 0 saturated carbocycles. The number of nitrogens with zero attached hydrogens (tertiary/aromatic N) is 1. The highest BCUT2D eigenvalue weighted by Gasteiger charge is 2.16. The SMILES string of the molecule is CC(C)CN(Cc1cccc(OS(C)(=O)=O)c1)C(=O)Nc1ccc(Cl)cc1. The lowest BCUT2D eigenvalue weighted by molar-refractivity contribution is 0.201. The van der Waals surface area contributed by atoms with E-state index in [1.807, 2.05) is 19.9 Å². The molecule has 0 aliphatic carbocycles. The summed E-state index contributed by atoms with van der Waals surface area (Å²) in [5, 5.41) is 3.44. The van der Waals surface area contributed by atoms with Gasteiger partial charge in [0.25, 0.3) is 0 Å². The van der Waals surface area contributed by atoms with Gasteiger partial charge in [0, 0.05) is 23.8 Å². The van der Waals surface area contributed by atoms with Crippen LogP contribution in [-0.2, 0) is 16.7 Å². The average Bonchev–Trinajstić information content (AvgIpc) is 2.54. The van der Waals surface area contributed by atoms with Crippen LogP contribution in [0.25, 0.3) is 0 Å². The Bertz CT molecular complexity index is 883. The van der Waals surface area contributed by atoms with E-state index in [0.29, 0.717) is 23.8 Å². The summed E-state index contributed by atoms with van der Waals surface area (Å²) in [6.07, 6.45) is 0.990. The zero-order valence-electron chi connectivity index (χ0n) is 15.5. The van der Waals surface area contributed by atoms with Crippen molar-refractivity contribution in [3.05, 3.63) is 59.1 Å². The fourth-order valence-corrected chi connectivity index (χ4v) is 3.07. The Balaban J connectivity index is 2.15. The first kappa shape index (κ1) is 21.1. The molecule has 1 N–H and O–H groups in total. The van der Waals surface area contributed by atoms with E-state index < -0.39 is 10.1 Å². The van der Waals surface area contributed by atoms with E-state index in [1.165, 1.54) is 0 Å². The first-order valence-corrected chi connectivity index (χ1v) is 10.6. The summed E-state index contributed by atoms with van der Waals surface area (Å²) in [4.78, 5) is 14.4. The van der Waals surface area contributed by atoms with E-state index in [4.69, 9.17) is 15.8 Å². The number of amides is 2. The van der Waals surface area contributed by atoms with Crippen LogP contribution in [0.3, 0.4) is 0 Å². The minimum absolute atomic E-state index is 0.220. The summed E-state index contributed by atoms with van der Waals surface area (Å²) in [7, 11) is -3.61. The second-order valence-electron chi connectivity index (χ2n) is 6.65. The van der Waals surface area contributed by atoms with Crippen LogP contribution in [-0.4, -0.2) is 32.1 Å². The first-order valence-electron chi connectivity index (χ1n) is 8.42. The number of halogens is 1. The van der Waals surface area contributed by atoms with Crippen LogP contribution < -0.4 is 9.50 Å². The maximum absolute atomic E-state index is 12.7. The molecule has 2 amide bonds. The van der Waals surface area contributed by atoms with Gasteiger partial charge >= 0.3 is 16.1 Å². The highest BCUT2D eigenvalue weighted by molar-refractivity contribution is 7.86. The molecule has 0 aliphatic heterocycles. The molecular formula is C19H23ClN2O4S. The molecule has 146 valence electrons. The van der Waals surface area contributed by atoms with Crippen molar-refractivity contribution in [2.24, 2.45) is 5.92 Å². The van der Waals surface area contributed by atoms with Crippen molar-refractivity contribution in [1.82, 2.24) is 4.90 Å². The number of urea groups is 1. The number of rotatable bonds is 7. The molecule has 0 aliphatic rings. The van der Waals surface area contributed by atoms with Gasteiger partial charge in [0.2, 0.25) is 0 Å². The Kier molecular flexibility index (Phi) is 7.10. The van der Waals surface area contributed by atoms with Crippen LogP contribution in [0.1, 0.15) is 19.4 Å². The van der Waals surface area contributed by atoms with Crippen LogP contribution in [0.2, 0.25) is 5.02 Å². The van der Waals surface area contributed by atoms with Gasteiger partial charge in [0.15, 0.2) is 0 Å². The lowest BCUT2D eigenvalue weighted by Crippen LogP contribution is -2.37. The van der Waals surface area contributed by atoms with Gasteiger partial charge in [0.05, 0.1) is 6.26 Å². The zero-order chi connectivity index (χ0) is 20.0. The van der Waals surface area contributed by atoms with Gasteiger partial charge in [-0.2, -0.15) is 8.42 Å². The zero-order valence-corrected chi connectivity index (χ0v) is 17.0. The van der Waals surface area contributed by atoms with Crippen molar-refractivity contribution in [2.45, 2.75) is 20.4 Å². The maximum atomic E-state index is 12.7. The lowest BCUT2D eigenvalue weighted by atomic mass is 10.1. The van der Waals surface area contributed by atoms with E-state index in [-0.39, 0.29) is 17.7 Å². The number of hydrogen-bond acceptors (Lipinski definition) is 4. The fourth-order valence-electron chi connectivity index (χ4n) is 2.49. The first-order chi connectivity index (χ1) is 12.6.